The zero-order valence-electron chi connectivity index (χ0n) is 32.8. The summed E-state index contributed by atoms with van der Waals surface area (Å²) < 4.78 is 29.9. The number of aromatic nitrogens is 1. The first-order valence-electron chi connectivity index (χ1n) is 20.0. The number of carboxylic acids is 1. The minimum Gasteiger partial charge on any atom is -0.508 e. The van der Waals surface area contributed by atoms with Gasteiger partial charge in [0.05, 0.1) is 0 Å². The number of phenols is 2. The van der Waals surface area contributed by atoms with E-state index in [-0.39, 0.29) is 41.4 Å². The predicted octanol–water partition coefficient (Wildman–Crippen LogP) is 2.58. The Labute approximate surface area is 348 Å². The van der Waals surface area contributed by atoms with Gasteiger partial charge in [0, 0.05) is 48.1 Å². The molecule has 3 fully saturated rings. The normalized spacial score (nSPS) is 25.5. The molecule has 3 aliphatic rings. The summed E-state index contributed by atoms with van der Waals surface area (Å²) in [5, 5.41) is 85.0. The number of aromatic amines is 1. The number of nitrogens with one attached hydrogen (secondary N) is 3. The van der Waals surface area contributed by atoms with Crippen molar-refractivity contribution in [1.82, 2.24) is 15.6 Å². The van der Waals surface area contributed by atoms with Gasteiger partial charge in [-0.25, -0.2) is 4.79 Å². The molecule has 7 atom stereocenters. The van der Waals surface area contributed by atoms with E-state index in [4.69, 9.17) is 29.1 Å². The zero-order valence-corrected chi connectivity index (χ0v) is 32.8. The number of aromatic hydroxyl groups is 2. The van der Waals surface area contributed by atoms with E-state index in [0.29, 0.717) is 67.3 Å². The van der Waals surface area contributed by atoms with Crippen molar-refractivity contribution in [2.75, 3.05) is 25.6 Å². The molecule has 2 saturated heterocycles. The zero-order chi connectivity index (χ0) is 43.1. The van der Waals surface area contributed by atoms with Crippen LogP contribution in [0.25, 0.3) is 22.3 Å². The summed E-state index contributed by atoms with van der Waals surface area (Å²) in [5.41, 5.74) is 2.48. The first kappa shape index (κ1) is 41.9. The van der Waals surface area contributed by atoms with Crippen LogP contribution >= 0.6 is 0 Å². The standard InChI is InChI=1S/C43H48N4O14/c44-33-12-11-26(47-33)28(50)20-57-25-9-7-23(8-10-25)29-16-27(49)34-30(59-29)17-31(37(35(34)51)58-19-22-5-4-6-24(48)15-22)60-41-36(52)38(53)43(56,39(61-41)40(54)55)42(13-2-1-3-14-42)32-18-45-21-46-32/h4-12,15-17,28,32,36,38-39,41,45-48,50-53,56H,1-3,13-14,18-21,44H2,(H,54,55). The Kier molecular flexibility index (Phi) is 11.6. The fourth-order valence-corrected chi connectivity index (χ4v) is 9.03. The third-order valence-corrected chi connectivity index (χ3v) is 12.1. The molecule has 61 heavy (non-hydrogen) atoms. The number of aliphatic carboxylic acids is 1. The first-order chi connectivity index (χ1) is 29.3. The summed E-state index contributed by atoms with van der Waals surface area (Å²) in [7, 11) is 0. The molecule has 18 heteroatoms. The van der Waals surface area contributed by atoms with Gasteiger partial charge in [0.25, 0.3) is 0 Å². The topological polar surface area (TPSA) is 292 Å². The Hall–Kier alpha value is -5.86. The number of carbonyl (C=O) groups is 1. The van der Waals surface area contributed by atoms with Crippen LogP contribution in [0.3, 0.4) is 0 Å². The monoisotopic (exact) mass is 844 g/mol. The summed E-state index contributed by atoms with van der Waals surface area (Å²) in [4.78, 5) is 29.6. The highest BCUT2D eigenvalue weighted by molar-refractivity contribution is 5.89. The second kappa shape index (κ2) is 16.9. The smallest absolute Gasteiger partial charge is 0.336 e. The van der Waals surface area contributed by atoms with Crippen LogP contribution in [0.1, 0.15) is 49.5 Å². The van der Waals surface area contributed by atoms with Crippen LogP contribution in [0, 0.1) is 5.41 Å². The van der Waals surface area contributed by atoms with Crippen molar-refractivity contribution >= 4 is 22.8 Å². The van der Waals surface area contributed by atoms with Gasteiger partial charge >= 0.3 is 5.97 Å². The Morgan fingerprint density at radius 2 is 1.75 bits per heavy atom. The van der Waals surface area contributed by atoms with Crippen molar-refractivity contribution in [1.29, 1.82) is 0 Å². The SMILES string of the molecule is Nc1ccc(C(O)COc2ccc(-c3cc(=O)c4c(O)c(OCc5cccc(O)c5)c(OC5OC(C(=O)O)C(O)(C6(C7CNCN7)CCCCC6)C(O)C5O)cc4o3)cc2)[nH]1. The quantitative estimate of drug-likeness (QED) is 0.0812. The number of fused-ring (bicyclic) bond motifs is 1. The highest BCUT2D eigenvalue weighted by Crippen LogP contribution is 2.54. The molecule has 0 spiro atoms. The molecule has 1 saturated carbocycles. The van der Waals surface area contributed by atoms with Crippen molar-refractivity contribution in [2.24, 2.45) is 5.41 Å². The van der Waals surface area contributed by atoms with E-state index < -0.39 is 70.7 Å². The van der Waals surface area contributed by atoms with Crippen LogP contribution in [0.15, 0.2) is 82.0 Å². The van der Waals surface area contributed by atoms with Crippen molar-refractivity contribution in [2.45, 2.75) is 81.1 Å². The third-order valence-electron chi connectivity index (χ3n) is 12.1. The van der Waals surface area contributed by atoms with E-state index in [9.17, 15) is 45.3 Å². The maximum Gasteiger partial charge on any atom is 0.336 e. The van der Waals surface area contributed by atoms with Crippen molar-refractivity contribution in [3.63, 3.8) is 0 Å². The molecule has 0 bridgehead atoms. The third kappa shape index (κ3) is 7.83. The maximum absolute atomic E-state index is 13.7. The number of nitrogens with two attached hydrogens (primary N) is 1. The summed E-state index contributed by atoms with van der Waals surface area (Å²) in [6.07, 6.45) is -6.32. The molecule has 0 amide bonds. The number of benzene rings is 3. The van der Waals surface area contributed by atoms with E-state index in [0.717, 1.165) is 12.5 Å². The number of H-pyrrole nitrogens is 1. The molecule has 2 aliphatic heterocycles. The fourth-order valence-electron chi connectivity index (χ4n) is 9.03. The lowest BCUT2D eigenvalue weighted by Gasteiger charge is -2.59. The highest BCUT2D eigenvalue weighted by atomic mass is 16.7. The number of ether oxygens (including phenoxy) is 4. The average Bonchev–Trinajstić information content (AvgIpc) is 3.96. The Balaban J connectivity index is 1.13. The lowest BCUT2D eigenvalue weighted by molar-refractivity contribution is -0.338. The molecule has 2 aromatic heterocycles. The molecule has 7 unspecified atom stereocenters. The van der Waals surface area contributed by atoms with Gasteiger partial charge < -0.3 is 75.1 Å². The summed E-state index contributed by atoms with van der Waals surface area (Å²) >= 11 is 0. The van der Waals surface area contributed by atoms with Gasteiger partial charge in [0.15, 0.2) is 23.0 Å². The number of aliphatic hydroxyl groups is 4. The Bertz CT molecular complexity index is 2430. The van der Waals surface area contributed by atoms with Crippen molar-refractivity contribution in [3.8, 4) is 40.1 Å². The number of rotatable bonds is 13. The molecule has 12 N–H and O–H groups in total. The number of carboxylic acid groups (broad SMARTS) is 1. The molecule has 324 valence electrons. The number of aliphatic hydroxyl groups excluding tert-OH is 3. The van der Waals surface area contributed by atoms with E-state index in [1.807, 2.05) is 0 Å². The summed E-state index contributed by atoms with van der Waals surface area (Å²) in [6, 6.07) is 17.7. The predicted molar refractivity (Wildman–Crippen MR) is 217 cm³/mol. The van der Waals surface area contributed by atoms with E-state index >= 15 is 0 Å². The van der Waals surface area contributed by atoms with Gasteiger partial charge in [-0.15, -0.1) is 0 Å². The number of anilines is 1. The molecule has 3 aromatic carbocycles. The fraction of sp³-hybridized carbons (Fsp3) is 0.395. The number of nitrogen functional groups attached to an aromatic ring is 1. The minimum atomic E-state index is -2.48. The van der Waals surface area contributed by atoms with E-state index in [1.54, 1.807) is 48.5 Å². The van der Waals surface area contributed by atoms with Crippen LogP contribution in [0.4, 0.5) is 5.82 Å². The van der Waals surface area contributed by atoms with Crippen molar-refractivity contribution in [3.05, 3.63) is 94.3 Å². The van der Waals surface area contributed by atoms with Crippen LogP contribution in [-0.4, -0.2) is 103 Å². The van der Waals surface area contributed by atoms with Gasteiger partial charge in [-0.1, -0.05) is 31.4 Å². The average molecular weight is 845 g/mol. The second-order valence-corrected chi connectivity index (χ2v) is 15.8. The Morgan fingerprint density at radius 3 is 2.43 bits per heavy atom. The number of hydrogen-bond acceptors (Lipinski definition) is 16. The molecule has 4 heterocycles. The minimum absolute atomic E-state index is 0.0629. The van der Waals surface area contributed by atoms with Crippen LogP contribution in [0.5, 0.6) is 28.7 Å². The van der Waals surface area contributed by atoms with Crippen LogP contribution < -0.4 is 36.0 Å². The second-order valence-electron chi connectivity index (χ2n) is 15.8. The lowest BCUT2D eigenvalue weighted by Crippen LogP contribution is -2.77. The van der Waals surface area contributed by atoms with E-state index in [1.165, 1.54) is 18.2 Å². The van der Waals surface area contributed by atoms with E-state index in [2.05, 4.69) is 15.6 Å². The molecule has 8 rings (SSSR count). The van der Waals surface area contributed by atoms with Crippen LogP contribution in [-0.2, 0) is 16.1 Å². The van der Waals surface area contributed by atoms with Gasteiger partial charge in [0.2, 0.25) is 12.0 Å². The van der Waals surface area contributed by atoms with Gasteiger partial charge in [-0.3, -0.25) is 10.1 Å². The summed E-state index contributed by atoms with van der Waals surface area (Å²) in [5.74, 6) is -2.33. The van der Waals surface area contributed by atoms with Crippen LogP contribution in [0.2, 0.25) is 0 Å². The summed E-state index contributed by atoms with van der Waals surface area (Å²) in [6.45, 7) is 0.433. The number of phenolic OH excluding ortho intramolecular Hbond substituents is 2. The molecular formula is C43H48N4O14. The van der Waals surface area contributed by atoms with Gasteiger partial charge in [0.1, 0.15) is 71.2 Å². The largest absolute Gasteiger partial charge is 0.508 e. The van der Waals surface area contributed by atoms with Gasteiger partial charge in [-0.05, 0) is 66.9 Å². The lowest BCUT2D eigenvalue weighted by atomic mass is 9.54. The molecule has 0 radical (unpaired) electrons. The molecular weight excluding hydrogens is 796 g/mol. The molecule has 5 aromatic rings. The highest BCUT2D eigenvalue weighted by Gasteiger charge is 2.69. The molecule has 18 nitrogen and oxygen atoms in total. The maximum atomic E-state index is 13.7. The molecule has 1 aliphatic carbocycles. The van der Waals surface area contributed by atoms with Gasteiger partial charge in [-0.2, -0.15) is 0 Å². The van der Waals surface area contributed by atoms with Crippen molar-refractivity contribution < 1.29 is 63.9 Å². The number of hydrogen-bond donors (Lipinski definition) is 11. The Morgan fingerprint density at radius 1 is 0.984 bits per heavy atom. The first-order valence-corrected chi connectivity index (χ1v) is 20.0.